The van der Waals surface area contributed by atoms with Crippen LogP contribution in [0.1, 0.15) is 11.1 Å². The fourth-order valence-electron chi connectivity index (χ4n) is 1.38. The number of carbonyl (C=O) groups is 1. The van der Waals surface area contributed by atoms with E-state index in [4.69, 9.17) is 10.5 Å². The van der Waals surface area contributed by atoms with Crippen LogP contribution in [-0.2, 0) is 4.79 Å². The fraction of sp³-hybridized carbons (Fsp3) is 0.250. The lowest BCUT2D eigenvalue weighted by Crippen LogP contribution is -2.83. The van der Waals surface area contributed by atoms with E-state index in [-0.39, 0.29) is 5.91 Å². The molecule has 16 heavy (non-hydrogen) atoms. The number of primary amides is 1. The van der Waals surface area contributed by atoms with Crippen LogP contribution >= 0.6 is 0 Å². The van der Waals surface area contributed by atoms with Gasteiger partial charge in [-0.3, -0.25) is 5.32 Å². The Morgan fingerprint density at radius 1 is 1.50 bits per heavy atom. The van der Waals surface area contributed by atoms with Gasteiger partial charge in [-0.15, -0.1) is 0 Å². The van der Waals surface area contributed by atoms with Crippen molar-refractivity contribution in [2.45, 2.75) is 6.92 Å². The van der Waals surface area contributed by atoms with Crippen molar-refractivity contribution in [3.8, 4) is 5.75 Å². The number of amides is 1. The van der Waals surface area contributed by atoms with E-state index in [1.165, 1.54) is 11.4 Å². The molecule has 0 aromatic heterocycles. The summed E-state index contributed by atoms with van der Waals surface area (Å²) in [7, 11) is 3.31. The van der Waals surface area contributed by atoms with E-state index in [0.29, 0.717) is 5.70 Å². The van der Waals surface area contributed by atoms with Gasteiger partial charge in [0.2, 0.25) is 0 Å². The Balaban J connectivity index is 3.01. The lowest BCUT2D eigenvalue weighted by atomic mass is 10.1. The Kier molecular flexibility index (Phi) is 4.08. The molecule has 1 rings (SSSR count). The summed E-state index contributed by atoms with van der Waals surface area (Å²) in [6.07, 6.45) is 1.42. The molecule has 0 radical (unpaired) electrons. The molecule has 0 saturated heterocycles. The zero-order chi connectivity index (χ0) is 12.1. The van der Waals surface area contributed by atoms with Crippen LogP contribution in [0.4, 0.5) is 0 Å². The zero-order valence-electron chi connectivity index (χ0n) is 9.78. The van der Waals surface area contributed by atoms with Gasteiger partial charge in [0.15, 0.2) is 0 Å². The van der Waals surface area contributed by atoms with E-state index in [2.05, 4.69) is 0 Å². The van der Waals surface area contributed by atoms with Crippen molar-refractivity contribution >= 4 is 11.6 Å². The largest absolute Gasteiger partial charge is 0.496 e. The summed E-state index contributed by atoms with van der Waals surface area (Å²) in [4.78, 5) is 11.2. The molecule has 1 aromatic carbocycles. The van der Waals surface area contributed by atoms with E-state index in [1.54, 1.807) is 14.2 Å². The van der Waals surface area contributed by atoms with Gasteiger partial charge in [0.1, 0.15) is 5.75 Å². The monoisotopic (exact) mass is 221 g/mol. The molecule has 0 aliphatic heterocycles. The second-order valence-electron chi connectivity index (χ2n) is 3.48. The number of aryl methyl sites for hydroxylation is 1. The molecule has 86 valence electrons. The number of likely N-dealkylation sites (N-methyl/N-ethyl adjacent to an activating group) is 1. The van der Waals surface area contributed by atoms with Crippen LogP contribution in [0.5, 0.6) is 5.75 Å². The first-order valence-electron chi connectivity index (χ1n) is 5.04. The maximum atomic E-state index is 11.2. The predicted octanol–water partition coefficient (Wildman–Crippen LogP) is 0.0230. The van der Waals surface area contributed by atoms with Crippen molar-refractivity contribution in [1.29, 1.82) is 0 Å². The summed E-state index contributed by atoms with van der Waals surface area (Å²) < 4.78 is 5.15. The molecule has 4 nitrogen and oxygen atoms in total. The minimum atomic E-state index is -0.0917. The number of hydrogen-bond acceptors (Lipinski definition) is 3. The average molecular weight is 221 g/mol. The van der Waals surface area contributed by atoms with Crippen LogP contribution in [0.2, 0.25) is 0 Å². The highest BCUT2D eigenvalue weighted by atomic mass is 16.5. The Bertz CT molecular complexity index is 425. The molecule has 4 heteroatoms. The third-order valence-corrected chi connectivity index (χ3v) is 2.31. The molecule has 0 unspecified atom stereocenters. The van der Waals surface area contributed by atoms with Gasteiger partial charge in [0, 0.05) is 5.70 Å². The van der Waals surface area contributed by atoms with E-state index < -0.39 is 0 Å². The first kappa shape index (κ1) is 12.3. The molecule has 0 aliphatic rings. The molecule has 0 bridgehead atoms. The molecule has 0 heterocycles. The number of nitrogens with two attached hydrogens (primary N) is 2. The molecule has 4 N–H and O–H groups in total. The van der Waals surface area contributed by atoms with Crippen LogP contribution in [0, 0.1) is 6.92 Å². The summed E-state index contributed by atoms with van der Waals surface area (Å²) >= 11 is 0. The SMILES string of the molecule is C[NH2+]C(=O)C=C(N)c1ccc(OC)c(C)c1. The van der Waals surface area contributed by atoms with Gasteiger partial charge in [-0.2, -0.15) is 0 Å². The average Bonchev–Trinajstić information content (AvgIpc) is 2.28. The molecule has 0 aliphatic carbocycles. The van der Waals surface area contributed by atoms with Crippen LogP contribution in [0.15, 0.2) is 24.3 Å². The van der Waals surface area contributed by atoms with Crippen molar-refractivity contribution in [3.05, 3.63) is 35.4 Å². The number of carbonyl (C=O) groups excluding carboxylic acids is 1. The van der Waals surface area contributed by atoms with Crippen LogP contribution in [-0.4, -0.2) is 20.1 Å². The maximum Gasteiger partial charge on any atom is 0.337 e. The molecule has 1 aromatic rings. The minimum absolute atomic E-state index is 0.0917. The summed E-state index contributed by atoms with van der Waals surface area (Å²) in [5, 5.41) is 1.48. The fourth-order valence-corrected chi connectivity index (χ4v) is 1.38. The third kappa shape index (κ3) is 2.84. The highest BCUT2D eigenvalue weighted by Gasteiger charge is 2.04. The van der Waals surface area contributed by atoms with Gasteiger partial charge in [0.25, 0.3) is 0 Å². The topological polar surface area (TPSA) is 68.9 Å². The standard InChI is InChI=1S/C12H16N2O2/c1-8-6-9(4-5-11(8)16-3)10(13)7-12(15)14-2/h4-7H,13H2,1-3H3,(H,14,15)/p+1. The van der Waals surface area contributed by atoms with Crippen molar-refractivity contribution in [2.75, 3.05) is 14.2 Å². The van der Waals surface area contributed by atoms with E-state index >= 15 is 0 Å². The Hall–Kier alpha value is -1.81. The lowest BCUT2D eigenvalue weighted by molar-refractivity contribution is -0.534. The van der Waals surface area contributed by atoms with Crippen LogP contribution in [0.25, 0.3) is 5.70 Å². The Morgan fingerprint density at radius 3 is 2.69 bits per heavy atom. The smallest absolute Gasteiger partial charge is 0.337 e. The van der Waals surface area contributed by atoms with Gasteiger partial charge in [0.05, 0.1) is 20.2 Å². The van der Waals surface area contributed by atoms with E-state index in [1.807, 2.05) is 25.1 Å². The Morgan fingerprint density at radius 2 is 2.19 bits per heavy atom. The first-order valence-corrected chi connectivity index (χ1v) is 5.04. The number of rotatable bonds is 3. The summed E-state index contributed by atoms with van der Waals surface area (Å²) in [6.45, 7) is 1.93. The normalized spacial score (nSPS) is 11.3. The number of quaternary nitrogens is 1. The second kappa shape index (κ2) is 5.32. The summed E-state index contributed by atoms with van der Waals surface area (Å²) in [5.74, 6) is 0.718. The zero-order valence-corrected chi connectivity index (χ0v) is 9.78. The first-order chi connectivity index (χ1) is 7.58. The number of ether oxygens (including phenoxy) is 1. The highest BCUT2D eigenvalue weighted by Crippen LogP contribution is 2.20. The highest BCUT2D eigenvalue weighted by molar-refractivity contribution is 5.88. The molecule has 0 atom stereocenters. The predicted molar refractivity (Wildman–Crippen MR) is 62.8 cm³/mol. The number of benzene rings is 1. The molecular weight excluding hydrogens is 204 g/mol. The van der Waals surface area contributed by atoms with Gasteiger partial charge in [-0.05, 0) is 36.2 Å². The van der Waals surface area contributed by atoms with Crippen molar-refractivity contribution < 1.29 is 14.8 Å². The summed E-state index contributed by atoms with van der Waals surface area (Å²) in [6, 6.07) is 5.57. The third-order valence-electron chi connectivity index (χ3n) is 2.31. The maximum absolute atomic E-state index is 11.2. The number of methoxy groups -OCH3 is 1. The summed E-state index contributed by atoms with van der Waals surface area (Å²) in [5.41, 5.74) is 8.10. The molecular formula is C12H17N2O2+. The molecule has 1 amide bonds. The quantitative estimate of drug-likeness (QED) is 0.707. The van der Waals surface area contributed by atoms with Crippen LogP contribution in [0.3, 0.4) is 0 Å². The van der Waals surface area contributed by atoms with Gasteiger partial charge < -0.3 is 10.5 Å². The minimum Gasteiger partial charge on any atom is -0.496 e. The Labute approximate surface area is 95.1 Å². The lowest BCUT2D eigenvalue weighted by Gasteiger charge is -2.07. The van der Waals surface area contributed by atoms with E-state index in [9.17, 15) is 4.79 Å². The van der Waals surface area contributed by atoms with Gasteiger partial charge >= 0.3 is 5.91 Å². The van der Waals surface area contributed by atoms with Gasteiger partial charge in [-0.25, -0.2) is 4.79 Å². The van der Waals surface area contributed by atoms with E-state index in [0.717, 1.165) is 16.9 Å². The van der Waals surface area contributed by atoms with Crippen molar-refractivity contribution in [1.82, 2.24) is 0 Å². The van der Waals surface area contributed by atoms with Crippen molar-refractivity contribution in [3.63, 3.8) is 0 Å². The second-order valence-corrected chi connectivity index (χ2v) is 3.48. The molecule has 0 saturated carbocycles. The van der Waals surface area contributed by atoms with Crippen LogP contribution < -0.4 is 15.8 Å². The molecule has 0 spiro atoms. The van der Waals surface area contributed by atoms with Crippen molar-refractivity contribution in [2.24, 2.45) is 5.73 Å². The number of hydrogen-bond donors (Lipinski definition) is 2. The van der Waals surface area contributed by atoms with Gasteiger partial charge in [-0.1, -0.05) is 0 Å². The molecule has 0 fully saturated rings.